The van der Waals surface area contributed by atoms with Crippen molar-refractivity contribution in [2.75, 3.05) is 0 Å². The number of hydrogen-bond acceptors (Lipinski definition) is 6. The molecule has 0 fully saturated rings. The molecule has 3 rings (SSSR count). The largest absolute Gasteiger partial charge is 0.289 e. The third kappa shape index (κ3) is 3.90. The molecule has 0 aliphatic carbocycles. The van der Waals surface area contributed by atoms with E-state index in [1.54, 1.807) is 6.07 Å². The van der Waals surface area contributed by atoms with Crippen molar-refractivity contribution in [3.8, 4) is 11.3 Å². The van der Waals surface area contributed by atoms with Crippen LogP contribution in [0.3, 0.4) is 0 Å². The van der Waals surface area contributed by atoms with E-state index in [0.29, 0.717) is 11.4 Å². The predicted molar refractivity (Wildman–Crippen MR) is 94.6 cm³/mol. The van der Waals surface area contributed by atoms with E-state index in [4.69, 9.17) is 0 Å². The summed E-state index contributed by atoms with van der Waals surface area (Å²) in [6.45, 7) is -0.114. The number of nitrogens with one attached hydrogen (secondary N) is 1. The standard InChI is InChI=1S/C17H14N4O4S/c22-21(23)16-8-4-5-9-17(16)26(24,25)20-11-14-10-15(19-12-18-14)13-6-2-1-3-7-13/h1-10,12,20H,11H2. The van der Waals surface area contributed by atoms with Gasteiger partial charge in [0.25, 0.3) is 5.69 Å². The van der Waals surface area contributed by atoms with E-state index in [-0.39, 0.29) is 11.4 Å². The van der Waals surface area contributed by atoms with Gasteiger partial charge in [0.2, 0.25) is 10.0 Å². The minimum atomic E-state index is -4.06. The first-order valence-electron chi connectivity index (χ1n) is 7.57. The van der Waals surface area contributed by atoms with Crippen LogP contribution < -0.4 is 4.72 Å². The van der Waals surface area contributed by atoms with Crippen molar-refractivity contribution < 1.29 is 13.3 Å². The Morgan fingerprint density at radius 1 is 1.00 bits per heavy atom. The fraction of sp³-hybridized carbons (Fsp3) is 0.0588. The molecule has 26 heavy (non-hydrogen) atoms. The lowest BCUT2D eigenvalue weighted by Crippen LogP contribution is -2.24. The van der Waals surface area contributed by atoms with Crippen molar-refractivity contribution in [2.45, 2.75) is 11.4 Å². The smallest absolute Gasteiger partial charge is 0.258 e. The van der Waals surface area contributed by atoms with Gasteiger partial charge >= 0.3 is 0 Å². The Hall–Kier alpha value is -3.17. The number of benzene rings is 2. The van der Waals surface area contributed by atoms with E-state index in [9.17, 15) is 18.5 Å². The maximum absolute atomic E-state index is 12.4. The van der Waals surface area contributed by atoms with Crippen molar-refractivity contribution in [1.82, 2.24) is 14.7 Å². The number of nitrogens with zero attached hydrogens (tertiary/aromatic N) is 3. The third-order valence-electron chi connectivity index (χ3n) is 3.59. The summed E-state index contributed by atoms with van der Waals surface area (Å²) in [7, 11) is -4.06. The van der Waals surface area contributed by atoms with E-state index in [2.05, 4.69) is 14.7 Å². The van der Waals surface area contributed by atoms with Crippen LogP contribution in [-0.4, -0.2) is 23.3 Å². The Balaban J connectivity index is 1.82. The van der Waals surface area contributed by atoms with Gasteiger partial charge in [-0.15, -0.1) is 0 Å². The molecule has 0 spiro atoms. The maximum atomic E-state index is 12.4. The highest BCUT2D eigenvalue weighted by Crippen LogP contribution is 2.23. The summed E-state index contributed by atoms with van der Waals surface area (Å²) in [4.78, 5) is 18.1. The van der Waals surface area contributed by atoms with Gasteiger partial charge in [-0.1, -0.05) is 42.5 Å². The summed E-state index contributed by atoms with van der Waals surface area (Å²) in [6.07, 6.45) is 1.34. The summed E-state index contributed by atoms with van der Waals surface area (Å²) >= 11 is 0. The van der Waals surface area contributed by atoms with Gasteiger partial charge in [-0.25, -0.2) is 23.1 Å². The quantitative estimate of drug-likeness (QED) is 0.527. The zero-order chi connectivity index (χ0) is 18.6. The molecule has 0 saturated heterocycles. The highest BCUT2D eigenvalue weighted by atomic mass is 32.2. The van der Waals surface area contributed by atoms with Crippen molar-refractivity contribution >= 4 is 15.7 Å². The van der Waals surface area contributed by atoms with E-state index in [1.165, 1.54) is 24.5 Å². The third-order valence-corrected chi connectivity index (χ3v) is 5.04. The van der Waals surface area contributed by atoms with Crippen molar-refractivity contribution in [2.24, 2.45) is 0 Å². The van der Waals surface area contributed by atoms with Crippen molar-refractivity contribution in [3.05, 3.63) is 82.8 Å². The molecule has 1 N–H and O–H groups in total. The molecule has 0 bridgehead atoms. The number of nitro groups is 1. The summed E-state index contributed by atoms with van der Waals surface area (Å²) in [5.41, 5.74) is 1.49. The molecule has 3 aromatic rings. The molecule has 9 heteroatoms. The average molecular weight is 370 g/mol. The van der Waals surface area contributed by atoms with Crippen LogP contribution >= 0.6 is 0 Å². The van der Waals surface area contributed by atoms with Crippen LogP contribution in [0.2, 0.25) is 0 Å². The van der Waals surface area contributed by atoms with Crippen LogP contribution in [0.25, 0.3) is 11.3 Å². The van der Waals surface area contributed by atoms with Gasteiger partial charge < -0.3 is 0 Å². The molecular weight excluding hydrogens is 356 g/mol. The first-order valence-corrected chi connectivity index (χ1v) is 9.05. The van der Waals surface area contributed by atoms with Crippen molar-refractivity contribution in [3.63, 3.8) is 0 Å². The second-order valence-corrected chi connectivity index (χ2v) is 7.05. The van der Waals surface area contributed by atoms with Gasteiger partial charge in [0.05, 0.1) is 22.9 Å². The van der Waals surface area contributed by atoms with Crippen LogP contribution in [-0.2, 0) is 16.6 Å². The van der Waals surface area contributed by atoms with E-state index in [0.717, 1.165) is 11.6 Å². The number of para-hydroxylation sites is 1. The normalized spacial score (nSPS) is 11.2. The lowest BCUT2D eigenvalue weighted by Gasteiger charge is -2.08. The zero-order valence-corrected chi connectivity index (χ0v) is 14.3. The molecule has 0 aliphatic heterocycles. The second kappa shape index (κ2) is 7.38. The number of rotatable bonds is 6. The number of aromatic nitrogens is 2. The Morgan fingerprint density at radius 2 is 1.69 bits per heavy atom. The van der Waals surface area contributed by atoms with Crippen LogP contribution in [0.15, 0.2) is 71.9 Å². The Morgan fingerprint density at radius 3 is 2.42 bits per heavy atom. The molecule has 0 atom stereocenters. The SMILES string of the molecule is O=[N+]([O-])c1ccccc1S(=O)(=O)NCc1cc(-c2ccccc2)ncn1. The van der Waals surface area contributed by atoms with E-state index in [1.807, 2.05) is 30.3 Å². The van der Waals surface area contributed by atoms with Gasteiger partial charge in [-0.2, -0.15) is 0 Å². The molecule has 0 unspecified atom stereocenters. The summed E-state index contributed by atoms with van der Waals surface area (Å²) in [5.74, 6) is 0. The Bertz CT molecular complexity index is 1040. The van der Waals surface area contributed by atoms with Crippen LogP contribution in [0.5, 0.6) is 0 Å². The highest BCUT2D eigenvalue weighted by Gasteiger charge is 2.24. The van der Waals surface area contributed by atoms with Crippen LogP contribution in [0.4, 0.5) is 5.69 Å². The van der Waals surface area contributed by atoms with Crippen molar-refractivity contribution in [1.29, 1.82) is 0 Å². The lowest BCUT2D eigenvalue weighted by molar-refractivity contribution is -0.387. The number of nitro benzene ring substituents is 1. The van der Waals surface area contributed by atoms with Crippen LogP contribution in [0.1, 0.15) is 5.69 Å². The van der Waals surface area contributed by atoms with Gasteiger partial charge in [-0.05, 0) is 12.1 Å². The Kier molecular flexibility index (Phi) is 5.01. The minimum Gasteiger partial charge on any atom is -0.258 e. The fourth-order valence-corrected chi connectivity index (χ4v) is 3.51. The monoisotopic (exact) mass is 370 g/mol. The lowest BCUT2D eigenvalue weighted by atomic mass is 10.1. The van der Waals surface area contributed by atoms with Gasteiger partial charge in [0.1, 0.15) is 6.33 Å². The molecule has 8 nitrogen and oxygen atoms in total. The van der Waals surface area contributed by atoms with Gasteiger partial charge in [0.15, 0.2) is 4.90 Å². The summed E-state index contributed by atoms with van der Waals surface area (Å²) in [5, 5.41) is 11.0. The van der Waals surface area contributed by atoms with Gasteiger partial charge in [0, 0.05) is 11.6 Å². The van der Waals surface area contributed by atoms with Crippen LogP contribution in [0, 0.1) is 10.1 Å². The number of hydrogen-bond donors (Lipinski definition) is 1. The van der Waals surface area contributed by atoms with E-state index >= 15 is 0 Å². The molecule has 2 aromatic carbocycles. The summed E-state index contributed by atoms with van der Waals surface area (Å²) in [6, 6.07) is 16.2. The predicted octanol–water partition coefficient (Wildman–Crippen LogP) is 2.53. The van der Waals surface area contributed by atoms with Gasteiger partial charge in [-0.3, -0.25) is 10.1 Å². The second-order valence-electron chi connectivity index (χ2n) is 5.31. The molecule has 132 valence electrons. The molecule has 0 amide bonds. The van der Waals surface area contributed by atoms with E-state index < -0.39 is 20.6 Å². The first-order chi connectivity index (χ1) is 12.5. The zero-order valence-electron chi connectivity index (χ0n) is 13.4. The topological polar surface area (TPSA) is 115 Å². The Labute approximate surface area is 149 Å². The molecule has 1 aromatic heterocycles. The molecule has 0 saturated carbocycles. The molecule has 1 heterocycles. The fourth-order valence-electron chi connectivity index (χ4n) is 2.34. The number of sulfonamides is 1. The summed E-state index contributed by atoms with van der Waals surface area (Å²) < 4.78 is 27.2. The molecule has 0 aliphatic rings. The molecule has 0 radical (unpaired) electrons. The minimum absolute atomic E-state index is 0.114. The molecular formula is C17H14N4O4S. The maximum Gasteiger partial charge on any atom is 0.289 e. The average Bonchev–Trinajstić information content (AvgIpc) is 2.67. The highest BCUT2D eigenvalue weighted by molar-refractivity contribution is 7.89. The first kappa shape index (κ1) is 17.6.